The first-order chi connectivity index (χ1) is 6.48. The minimum atomic E-state index is -3.16. The topological polar surface area (TPSA) is 34.1 Å². The van der Waals surface area contributed by atoms with Crippen LogP contribution >= 0.6 is 11.6 Å². The molecule has 0 spiro atoms. The molecular weight excluding hydrogens is 220 g/mol. The molecule has 1 unspecified atom stereocenters. The highest BCUT2D eigenvalue weighted by atomic mass is 35.5. The number of hydrogen-bond acceptors (Lipinski definition) is 2. The Bertz CT molecular complexity index is 395. The van der Waals surface area contributed by atoms with Crippen LogP contribution in [0, 0.1) is 0 Å². The van der Waals surface area contributed by atoms with Gasteiger partial charge >= 0.3 is 0 Å². The van der Waals surface area contributed by atoms with Crippen molar-refractivity contribution in [3.05, 3.63) is 29.3 Å². The molecule has 0 heterocycles. The van der Waals surface area contributed by atoms with Crippen molar-refractivity contribution < 1.29 is 8.42 Å². The lowest BCUT2D eigenvalue weighted by Crippen LogP contribution is -2.16. The second kappa shape index (κ2) is 4.32. The van der Waals surface area contributed by atoms with Gasteiger partial charge in [-0.25, -0.2) is 8.42 Å². The van der Waals surface area contributed by atoms with Crippen molar-refractivity contribution in [2.75, 3.05) is 0 Å². The summed E-state index contributed by atoms with van der Waals surface area (Å²) in [5.41, 5.74) is 0. The number of rotatable bonds is 3. The van der Waals surface area contributed by atoms with Crippen LogP contribution in [-0.4, -0.2) is 13.7 Å². The molecule has 0 amide bonds. The van der Waals surface area contributed by atoms with E-state index in [1.54, 1.807) is 31.2 Å². The van der Waals surface area contributed by atoms with Crippen molar-refractivity contribution in [2.45, 2.75) is 30.4 Å². The Hall–Kier alpha value is -0.540. The zero-order valence-electron chi connectivity index (χ0n) is 8.20. The van der Waals surface area contributed by atoms with Gasteiger partial charge < -0.3 is 0 Å². The summed E-state index contributed by atoms with van der Waals surface area (Å²) in [5, 5.41) is 0.205. The quantitative estimate of drug-likeness (QED) is 0.803. The number of halogens is 1. The van der Waals surface area contributed by atoms with Gasteiger partial charge in [-0.15, -0.1) is 0 Å². The first-order valence-corrected chi connectivity index (χ1v) is 6.40. The van der Waals surface area contributed by atoms with E-state index in [2.05, 4.69) is 0 Å². The third kappa shape index (κ3) is 2.28. The largest absolute Gasteiger partial charge is 0.223 e. The van der Waals surface area contributed by atoms with Crippen LogP contribution in [0.5, 0.6) is 0 Å². The van der Waals surface area contributed by atoms with Gasteiger partial charge in [0.05, 0.1) is 10.1 Å². The third-order valence-corrected chi connectivity index (χ3v) is 4.82. The van der Waals surface area contributed by atoms with Crippen LogP contribution in [0.15, 0.2) is 29.2 Å². The Labute approximate surface area is 89.8 Å². The summed E-state index contributed by atoms with van der Waals surface area (Å²) in [6, 6.07) is 6.28. The van der Waals surface area contributed by atoms with E-state index < -0.39 is 9.84 Å². The molecule has 0 aliphatic heterocycles. The molecule has 0 saturated carbocycles. The van der Waals surface area contributed by atoms with Crippen LogP contribution in [0.3, 0.4) is 0 Å². The first kappa shape index (κ1) is 11.5. The highest BCUT2D eigenvalue weighted by Gasteiger charge is 2.20. The predicted molar refractivity (Wildman–Crippen MR) is 58.4 cm³/mol. The van der Waals surface area contributed by atoms with Gasteiger partial charge in [0.1, 0.15) is 0 Å². The van der Waals surface area contributed by atoms with Crippen molar-refractivity contribution in [2.24, 2.45) is 0 Å². The highest BCUT2D eigenvalue weighted by Crippen LogP contribution is 2.19. The van der Waals surface area contributed by atoms with Crippen LogP contribution in [-0.2, 0) is 9.84 Å². The molecule has 0 bridgehead atoms. The summed E-state index contributed by atoms with van der Waals surface area (Å²) in [6.45, 7) is 3.57. The number of hydrogen-bond donors (Lipinski definition) is 0. The molecule has 1 aromatic rings. The minimum absolute atomic E-state index is 0.344. The summed E-state index contributed by atoms with van der Waals surface area (Å²) < 4.78 is 23.7. The SMILES string of the molecule is CCC(C)S(=O)(=O)c1ccc(Cl)cc1. The van der Waals surface area contributed by atoms with E-state index in [1.807, 2.05) is 6.92 Å². The van der Waals surface area contributed by atoms with Gasteiger partial charge in [-0.05, 0) is 37.6 Å². The summed E-state index contributed by atoms with van der Waals surface area (Å²) in [4.78, 5) is 0.344. The average Bonchev–Trinajstić information content (AvgIpc) is 2.17. The van der Waals surface area contributed by atoms with E-state index in [4.69, 9.17) is 11.6 Å². The lowest BCUT2D eigenvalue weighted by atomic mass is 10.4. The average molecular weight is 233 g/mol. The molecule has 0 radical (unpaired) electrons. The van der Waals surface area contributed by atoms with Crippen LogP contribution < -0.4 is 0 Å². The smallest absolute Gasteiger partial charge is 0.180 e. The Balaban J connectivity index is 3.11. The molecule has 1 atom stereocenters. The molecule has 0 aliphatic rings. The first-order valence-electron chi connectivity index (χ1n) is 4.48. The van der Waals surface area contributed by atoms with E-state index in [1.165, 1.54) is 0 Å². The fourth-order valence-electron chi connectivity index (χ4n) is 1.08. The van der Waals surface area contributed by atoms with E-state index in [0.29, 0.717) is 16.3 Å². The summed E-state index contributed by atoms with van der Waals surface area (Å²) in [5.74, 6) is 0. The van der Waals surface area contributed by atoms with Crippen molar-refractivity contribution >= 4 is 21.4 Å². The third-order valence-electron chi connectivity index (χ3n) is 2.25. The number of benzene rings is 1. The summed E-state index contributed by atoms with van der Waals surface area (Å²) >= 11 is 5.68. The van der Waals surface area contributed by atoms with E-state index in [9.17, 15) is 8.42 Å². The highest BCUT2D eigenvalue weighted by molar-refractivity contribution is 7.92. The van der Waals surface area contributed by atoms with Crippen molar-refractivity contribution in [3.63, 3.8) is 0 Å². The van der Waals surface area contributed by atoms with Crippen molar-refractivity contribution in [3.8, 4) is 0 Å². The van der Waals surface area contributed by atoms with Crippen LogP contribution in [0.1, 0.15) is 20.3 Å². The maximum Gasteiger partial charge on any atom is 0.180 e. The second-order valence-electron chi connectivity index (χ2n) is 3.22. The van der Waals surface area contributed by atoms with Crippen molar-refractivity contribution in [1.82, 2.24) is 0 Å². The molecule has 0 N–H and O–H groups in total. The molecule has 1 aromatic carbocycles. The van der Waals surface area contributed by atoms with E-state index in [0.717, 1.165) is 0 Å². The molecule has 1 rings (SSSR count). The predicted octanol–water partition coefficient (Wildman–Crippen LogP) is 2.91. The van der Waals surface area contributed by atoms with Gasteiger partial charge in [-0.3, -0.25) is 0 Å². The van der Waals surface area contributed by atoms with Crippen molar-refractivity contribution in [1.29, 1.82) is 0 Å². The normalized spacial score (nSPS) is 13.9. The van der Waals surface area contributed by atoms with Crippen LogP contribution in [0.2, 0.25) is 5.02 Å². The second-order valence-corrected chi connectivity index (χ2v) is 6.02. The fraction of sp³-hybridized carbons (Fsp3) is 0.400. The summed E-state index contributed by atoms with van der Waals surface area (Å²) in [6.07, 6.45) is 0.616. The molecule has 0 fully saturated rings. The van der Waals surface area contributed by atoms with Gasteiger partial charge in [0.15, 0.2) is 9.84 Å². The zero-order chi connectivity index (χ0) is 10.8. The molecular formula is C10H13ClO2S. The molecule has 14 heavy (non-hydrogen) atoms. The Morgan fingerprint density at radius 1 is 1.29 bits per heavy atom. The lowest BCUT2D eigenvalue weighted by molar-refractivity contribution is 0.581. The minimum Gasteiger partial charge on any atom is -0.223 e. The number of sulfone groups is 1. The molecule has 0 aromatic heterocycles. The monoisotopic (exact) mass is 232 g/mol. The Morgan fingerprint density at radius 3 is 2.21 bits per heavy atom. The maximum absolute atomic E-state index is 11.8. The van der Waals surface area contributed by atoms with Gasteiger partial charge in [0.25, 0.3) is 0 Å². The molecule has 0 aliphatic carbocycles. The van der Waals surface area contributed by atoms with Gasteiger partial charge in [0.2, 0.25) is 0 Å². The van der Waals surface area contributed by atoms with E-state index in [-0.39, 0.29) is 5.25 Å². The van der Waals surface area contributed by atoms with E-state index >= 15 is 0 Å². The fourth-order valence-corrected chi connectivity index (χ4v) is 2.62. The van der Waals surface area contributed by atoms with Gasteiger partial charge in [-0.1, -0.05) is 18.5 Å². The van der Waals surface area contributed by atoms with Crippen LogP contribution in [0.4, 0.5) is 0 Å². The molecule has 78 valence electrons. The standard InChI is InChI=1S/C10H13ClO2S/c1-3-8(2)14(12,13)10-6-4-9(11)5-7-10/h4-8H,3H2,1-2H3. The van der Waals surface area contributed by atoms with Gasteiger partial charge in [-0.2, -0.15) is 0 Å². The Morgan fingerprint density at radius 2 is 1.79 bits per heavy atom. The lowest BCUT2D eigenvalue weighted by Gasteiger charge is -2.10. The summed E-state index contributed by atoms with van der Waals surface area (Å²) in [7, 11) is -3.16. The van der Waals surface area contributed by atoms with Crippen LogP contribution in [0.25, 0.3) is 0 Å². The molecule has 2 nitrogen and oxygen atoms in total. The Kier molecular flexibility index (Phi) is 3.56. The maximum atomic E-state index is 11.8. The van der Waals surface area contributed by atoms with Gasteiger partial charge in [0, 0.05) is 5.02 Å². The molecule has 4 heteroatoms. The zero-order valence-corrected chi connectivity index (χ0v) is 9.77. The molecule has 0 saturated heterocycles.